The number of hydrogen-bond donors (Lipinski definition) is 1. The number of benzene rings is 1. The van der Waals surface area contributed by atoms with Crippen LogP contribution in [0, 0.1) is 5.82 Å². The molecule has 0 atom stereocenters. The molecule has 1 heterocycles. The number of halogens is 1. The van der Waals surface area contributed by atoms with Gasteiger partial charge in [0.25, 0.3) is 0 Å². The molecule has 0 spiro atoms. The average Bonchev–Trinajstić information content (AvgIpc) is 2.71. The molecule has 0 aliphatic heterocycles. The van der Waals surface area contributed by atoms with Gasteiger partial charge in [-0.3, -0.25) is 4.90 Å². The molecule has 0 amide bonds. The van der Waals surface area contributed by atoms with Gasteiger partial charge >= 0.3 is 0 Å². The number of fused-ring (bicyclic) bond motifs is 1. The van der Waals surface area contributed by atoms with Crippen molar-refractivity contribution in [1.82, 2.24) is 14.9 Å². The minimum Gasteiger partial charge on any atom is -0.341 e. The highest BCUT2D eigenvalue weighted by atomic mass is 19.1. The van der Waals surface area contributed by atoms with Crippen LogP contribution in [0.4, 0.5) is 4.39 Å². The lowest BCUT2D eigenvalue weighted by atomic mass is 10.3. The van der Waals surface area contributed by atoms with Crippen molar-refractivity contribution >= 4 is 11.0 Å². The molecule has 1 N–H and O–H groups in total. The van der Waals surface area contributed by atoms with Crippen LogP contribution in [0.2, 0.25) is 0 Å². The summed E-state index contributed by atoms with van der Waals surface area (Å²) in [5.74, 6) is 0.689. The number of aromatic nitrogens is 2. The molecule has 98 valence electrons. The van der Waals surface area contributed by atoms with Gasteiger partial charge in [0.05, 0.1) is 17.6 Å². The number of nitrogens with zero attached hydrogens (tertiary/aromatic N) is 2. The third-order valence-corrected chi connectivity index (χ3v) is 2.95. The Morgan fingerprint density at radius 1 is 1.22 bits per heavy atom. The summed E-state index contributed by atoms with van der Waals surface area (Å²) in [7, 11) is 0. The molecule has 1 aromatic carbocycles. The van der Waals surface area contributed by atoms with Crippen LogP contribution in [-0.2, 0) is 6.54 Å². The quantitative estimate of drug-likeness (QED) is 0.851. The molecule has 0 aliphatic rings. The average molecular weight is 249 g/mol. The van der Waals surface area contributed by atoms with Crippen LogP contribution in [0.15, 0.2) is 18.2 Å². The van der Waals surface area contributed by atoms with E-state index in [0.29, 0.717) is 0 Å². The first-order valence-electron chi connectivity index (χ1n) is 6.59. The number of imidazole rings is 1. The van der Waals surface area contributed by atoms with Crippen molar-refractivity contribution in [2.75, 3.05) is 13.1 Å². The van der Waals surface area contributed by atoms with Crippen LogP contribution in [0.25, 0.3) is 11.0 Å². The summed E-state index contributed by atoms with van der Waals surface area (Å²) >= 11 is 0. The minimum atomic E-state index is -0.225. The van der Waals surface area contributed by atoms with Crippen LogP contribution < -0.4 is 0 Å². The van der Waals surface area contributed by atoms with Gasteiger partial charge in [0.2, 0.25) is 0 Å². The molecule has 18 heavy (non-hydrogen) atoms. The van der Waals surface area contributed by atoms with Crippen LogP contribution in [0.3, 0.4) is 0 Å². The van der Waals surface area contributed by atoms with Crippen LogP contribution in [-0.4, -0.2) is 28.0 Å². The third-order valence-electron chi connectivity index (χ3n) is 2.95. The topological polar surface area (TPSA) is 31.9 Å². The maximum Gasteiger partial charge on any atom is 0.125 e. The van der Waals surface area contributed by atoms with Crippen molar-refractivity contribution in [2.24, 2.45) is 0 Å². The Labute approximate surface area is 107 Å². The Bertz CT molecular complexity index is 501. The molecule has 2 rings (SSSR count). The second-order valence-electron chi connectivity index (χ2n) is 4.62. The smallest absolute Gasteiger partial charge is 0.125 e. The summed E-state index contributed by atoms with van der Waals surface area (Å²) in [5, 5.41) is 0. The van der Waals surface area contributed by atoms with E-state index in [1.165, 1.54) is 12.1 Å². The van der Waals surface area contributed by atoms with Gasteiger partial charge in [0.1, 0.15) is 11.6 Å². The maximum atomic E-state index is 13.1. The second-order valence-corrected chi connectivity index (χ2v) is 4.62. The lowest BCUT2D eigenvalue weighted by Gasteiger charge is -2.19. The molecule has 2 aromatic rings. The Hall–Kier alpha value is -1.42. The normalized spacial score (nSPS) is 11.6. The predicted molar refractivity (Wildman–Crippen MR) is 71.9 cm³/mol. The summed E-state index contributed by atoms with van der Waals surface area (Å²) in [6, 6.07) is 4.66. The largest absolute Gasteiger partial charge is 0.341 e. The van der Waals surface area contributed by atoms with Crippen LogP contribution >= 0.6 is 0 Å². The molecule has 0 aliphatic carbocycles. The second kappa shape index (κ2) is 5.96. The van der Waals surface area contributed by atoms with Gasteiger partial charge in [-0.1, -0.05) is 13.8 Å². The van der Waals surface area contributed by atoms with Crippen LogP contribution in [0.5, 0.6) is 0 Å². The van der Waals surface area contributed by atoms with E-state index in [0.717, 1.165) is 49.3 Å². The van der Waals surface area contributed by atoms with Crippen LogP contribution in [0.1, 0.15) is 32.5 Å². The molecule has 0 saturated heterocycles. The van der Waals surface area contributed by atoms with E-state index < -0.39 is 0 Å². The zero-order valence-electron chi connectivity index (χ0n) is 11.0. The Morgan fingerprint density at radius 2 is 1.94 bits per heavy atom. The number of aromatic amines is 1. The van der Waals surface area contributed by atoms with Crippen molar-refractivity contribution < 1.29 is 4.39 Å². The van der Waals surface area contributed by atoms with E-state index in [9.17, 15) is 4.39 Å². The third kappa shape index (κ3) is 3.07. The zero-order chi connectivity index (χ0) is 13.0. The van der Waals surface area contributed by atoms with E-state index in [4.69, 9.17) is 0 Å². The number of H-pyrrole nitrogens is 1. The lowest BCUT2D eigenvalue weighted by Crippen LogP contribution is -2.25. The Kier molecular flexibility index (Phi) is 4.31. The fourth-order valence-electron chi connectivity index (χ4n) is 2.22. The van der Waals surface area contributed by atoms with Crippen molar-refractivity contribution in [1.29, 1.82) is 0 Å². The highest BCUT2D eigenvalue weighted by molar-refractivity contribution is 5.74. The van der Waals surface area contributed by atoms with Crippen molar-refractivity contribution in [2.45, 2.75) is 33.2 Å². The van der Waals surface area contributed by atoms with E-state index in [1.54, 1.807) is 6.07 Å². The van der Waals surface area contributed by atoms with Gasteiger partial charge in [0.15, 0.2) is 0 Å². The highest BCUT2D eigenvalue weighted by Crippen LogP contribution is 2.14. The number of nitrogens with one attached hydrogen (secondary N) is 1. The van der Waals surface area contributed by atoms with Crippen molar-refractivity contribution in [3.8, 4) is 0 Å². The number of hydrogen-bond acceptors (Lipinski definition) is 2. The van der Waals surface area contributed by atoms with Gasteiger partial charge in [0, 0.05) is 0 Å². The Balaban J connectivity index is 2.14. The van der Waals surface area contributed by atoms with Gasteiger partial charge < -0.3 is 4.98 Å². The molecular formula is C14H20FN3. The van der Waals surface area contributed by atoms with Crippen molar-refractivity contribution in [3.63, 3.8) is 0 Å². The molecule has 4 heteroatoms. The minimum absolute atomic E-state index is 0.225. The summed E-state index contributed by atoms with van der Waals surface area (Å²) in [6.07, 6.45) is 2.27. The SMILES string of the molecule is CCCN(CCC)Cc1nc2ccc(F)cc2[nH]1. The number of rotatable bonds is 6. The van der Waals surface area contributed by atoms with Gasteiger partial charge in [-0.2, -0.15) is 0 Å². The first-order chi connectivity index (χ1) is 8.72. The zero-order valence-corrected chi connectivity index (χ0v) is 11.0. The monoisotopic (exact) mass is 249 g/mol. The highest BCUT2D eigenvalue weighted by Gasteiger charge is 2.08. The standard InChI is InChI=1S/C14H20FN3/c1-3-7-18(8-4-2)10-14-16-12-6-5-11(15)9-13(12)17-14/h5-6,9H,3-4,7-8,10H2,1-2H3,(H,16,17). The summed E-state index contributed by atoms with van der Waals surface area (Å²) in [4.78, 5) is 10.1. The Morgan fingerprint density at radius 3 is 2.61 bits per heavy atom. The molecule has 0 fully saturated rings. The lowest BCUT2D eigenvalue weighted by molar-refractivity contribution is 0.261. The molecule has 3 nitrogen and oxygen atoms in total. The fourth-order valence-corrected chi connectivity index (χ4v) is 2.22. The van der Waals surface area contributed by atoms with E-state index in [2.05, 4.69) is 28.7 Å². The fraction of sp³-hybridized carbons (Fsp3) is 0.500. The predicted octanol–water partition coefficient (Wildman–Crippen LogP) is 3.32. The van der Waals surface area contributed by atoms with Gasteiger partial charge in [-0.15, -0.1) is 0 Å². The molecule has 0 saturated carbocycles. The summed E-state index contributed by atoms with van der Waals surface area (Å²) < 4.78 is 13.1. The maximum absolute atomic E-state index is 13.1. The van der Waals surface area contributed by atoms with Gasteiger partial charge in [-0.25, -0.2) is 9.37 Å². The molecular weight excluding hydrogens is 229 g/mol. The van der Waals surface area contributed by atoms with E-state index in [-0.39, 0.29) is 5.82 Å². The first kappa shape index (κ1) is 13.0. The van der Waals surface area contributed by atoms with Crippen molar-refractivity contribution in [3.05, 3.63) is 29.8 Å². The first-order valence-corrected chi connectivity index (χ1v) is 6.59. The summed E-state index contributed by atoms with van der Waals surface area (Å²) in [5.41, 5.74) is 1.61. The van der Waals surface area contributed by atoms with E-state index >= 15 is 0 Å². The molecule has 0 radical (unpaired) electrons. The summed E-state index contributed by atoms with van der Waals surface area (Å²) in [6.45, 7) is 7.30. The molecule has 0 bridgehead atoms. The molecule has 0 unspecified atom stereocenters. The molecule has 1 aromatic heterocycles. The van der Waals surface area contributed by atoms with E-state index in [1.807, 2.05) is 0 Å². The van der Waals surface area contributed by atoms with Gasteiger partial charge in [-0.05, 0) is 44.1 Å².